The molecule has 2 aromatic rings. The molecule has 18 atom stereocenters. The van der Waals surface area contributed by atoms with Crippen LogP contribution in [-0.4, -0.2) is 175 Å². The lowest BCUT2D eigenvalue weighted by atomic mass is 9.78. The van der Waals surface area contributed by atoms with Crippen molar-refractivity contribution in [3.63, 3.8) is 0 Å². The lowest BCUT2D eigenvalue weighted by molar-refractivity contribution is -0.311. The van der Waals surface area contributed by atoms with Gasteiger partial charge < -0.3 is 63.8 Å². The number of halogens is 1. The molecule has 3 saturated heterocycles. The minimum atomic E-state index is -1.91. The Morgan fingerprint density at radius 1 is 0.930 bits per heavy atom. The van der Waals surface area contributed by atoms with Crippen molar-refractivity contribution in [1.82, 2.24) is 9.80 Å². The Bertz CT molecular complexity index is 2030. The van der Waals surface area contributed by atoms with Crippen molar-refractivity contribution in [3.05, 3.63) is 59.7 Å². The Morgan fingerprint density at radius 2 is 1.55 bits per heavy atom. The standard InChI is InChI=1S/C54H84FN3O13/c1-14-42-54(10,63)47(59)30(2)28-58(24-23-55)31(3)26-52(8,62)48(33(5)44(34(6)49(60)68-42)69-43-27-53(9,64-13)46(56)35(7)67-43)71-50-45(41(57(11)12)25-32(4)66-50)70-51(61)65-29-40-38-21-17-15-19-36(38)37-20-16-18-22-39(37)40/h15-22,30-35,40-48,50,59,62-63H,14,23-29,56H2,1-13H3/t30-,31+,32+,33-,34+,35-,41-,42+,43-,44-,45+,46+,47+,48+,50-,52+,53+,54+/m0/s1. The van der Waals surface area contributed by atoms with Crippen LogP contribution in [0.25, 0.3) is 11.1 Å². The first-order valence-electron chi connectivity index (χ1n) is 25.6. The van der Waals surface area contributed by atoms with Crippen LogP contribution in [0.4, 0.5) is 9.18 Å². The molecule has 3 fully saturated rings. The number of aliphatic hydroxyl groups excluding tert-OH is 1. The number of cyclic esters (lactones) is 1. The van der Waals surface area contributed by atoms with Gasteiger partial charge in [0.1, 0.15) is 25.0 Å². The second-order valence-electron chi connectivity index (χ2n) is 21.9. The second kappa shape index (κ2) is 23.5. The number of fused-ring (bicyclic) bond motifs is 3. The van der Waals surface area contributed by atoms with Gasteiger partial charge >= 0.3 is 12.1 Å². The van der Waals surface area contributed by atoms with Gasteiger partial charge in [-0.15, -0.1) is 0 Å². The molecule has 0 amide bonds. The van der Waals surface area contributed by atoms with Gasteiger partial charge in [-0.2, -0.15) is 0 Å². The highest BCUT2D eigenvalue weighted by Crippen LogP contribution is 2.45. The van der Waals surface area contributed by atoms with Crippen LogP contribution in [0, 0.1) is 17.8 Å². The Hall–Kier alpha value is -3.33. The zero-order valence-electron chi connectivity index (χ0n) is 44.3. The average molecular weight is 1000 g/mol. The molecule has 17 heteroatoms. The maximum absolute atomic E-state index is 14.6. The average Bonchev–Trinajstić information content (AvgIpc) is 3.64. The minimum Gasteiger partial charge on any atom is -0.459 e. The summed E-state index contributed by atoms with van der Waals surface area (Å²) >= 11 is 0. The van der Waals surface area contributed by atoms with Gasteiger partial charge in [0, 0.05) is 44.5 Å². The smallest absolute Gasteiger partial charge is 0.459 e. The number of ether oxygens (including phenoxy) is 8. The highest BCUT2D eigenvalue weighted by atomic mass is 19.1. The van der Waals surface area contributed by atoms with E-state index in [0.717, 1.165) is 22.3 Å². The number of carbonyl (C=O) groups excluding carboxylic acids is 2. The van der Waals surface area contributed by atoms with Crippen LogP contribution in [0.3, 0.4) is 0 Å². The van der Waals surface area contributed by atoms with E-state index in [1.165, 1.54) is 6.92 Å². The first-order valence-corrected chi connectivity index (χ1v) is 25.6. The largest absolute Gasteiger partial charge is 0.508 e. The van der Waals surface area contributed by atoms with Gasteiger partial charge in [0.05, 0.1) is 59.7 Å². The predicted octanol–water partition coefficient (Wildman–Crippen LogP) is 6.18. The van der Waals surface area contributed by atoms with Crippen molar-refractivity contribution < 1.29 is 67.2 Å². The fraction of sp³-hybridized carbons (Fsp3) is 0.741. The quantitative estimate of drug-likeness (QED) is 0.176. The van der Waals surface area contributed by atoms with E-state index in [1.807, 2.05) is 88.0 Å². The van der Waals surface area contributed by atoms with Crippen molar-refractivity contribution in [2.75, 3.05) is 47.6 Å². The van der Waals surface area contributed by atoms with Crippen molar-refractivity contribution in [2.45, 2.75) is 191 Å². The minimum absolute atomic E-state index is 0.00477. The van der Waals surface area contributed by atoms with Gasteiger partial charge in [-0.3, -0.25) is 9.69 Å². The first-order chi connectivity index (χ1) is 33.4. The molecule has 6 rings (SSSR count). The SMILES string of the molecule is CC[C@H]1OC(=O)[C@H](C)[C@@H](O[C@H]2C[C@@](C)(OC)[C@H](N)[C@H](C)O2)[C@H](C)[C@@H](O[C@@H]2O[C@H](C)C[C@H](N(C)C)[C@H]2OC(=O)OCC2c3ccccc3-c3ccccc32)[C@](C)(O)C[C@@H](C)N(CCF)C[C@H](C)[C@@H](O)[C@]1(C)O. The van der Waals surface area contributed by atoms with Gasteiger partial charge in [-0.05, 0) is 110 Å². The molecule has 1 aliphatic carbocycles. The molecule has 4 aliphatic rings. The molecule has 71 heavy (non-hydrogen) atoms. The third kappa shape index (κ3) is 12.4. The summed E-state index contributed by atoms with van der Waals surface area (Å²) in [5, 5.41) is 36.8. The number of esters is 1. The normalized spacial score (nSPS) is 40.0. The van der Waals surface area contributed by atoms with E-state index in [1.54, 1.807) is 41.7 Å². The van der Waals surface area contributed by atoms with Crippen LogP contribution in [0.2, 0.25) is 0 Å². The zero-order valence-corrected chi connectivity index (χ0v) is 44.3. The third-order valence-electron chi connectivity index (χ3n) is 16.1. The Kier molecular flexibility index (Phi) is 18.8. The number of methoxy groups -OCH3 is 1. The van der Waals surface area contributed by atoms with Crippen LogP contribution in [0.5, 0.6) is 0 Å². The van der Waals surface area contributed by atoms with Crippen LogP contribution < -0.4 is 5.73 Å². The molecule has 3 aliphatic heterocycles. The monoisotopic (exact) mass is 1000 g/mol. The van der Waals surface area contributed by atoms with E-state index in [9.17, 15) is 29.3 Å². The second-order valence-corrected chi connectivity index (χ2v) is 21.9. The van der Waals surface area contributed by atoms with E-state index in [-0.39, 0.29) is 44.9 Å². The van der Waals surface area contributed by atoms with E-state index in [2.05, 4.69) is 12.1 Å². The summed E-state index contributed by atoms with van der Waals surface area (Å²) in [4.78, 5) is 32.5. The number of hydrogen-bond acceptors (Lipinski definition) is 16. The summed E-state index contributed by atoms with van der Waals surface area (Å²) in [6, 6.07) is 14.6. The summed E-state index contributed by atoms with van der Waals surface area (Å²) in [5.41, 5.74) is 6.25. The number of nitrogens with zero attached hydrogens (tertiary/aromatic N) is 2. The molecule has 5 N–H and O–H groups in total. The summed E-state index contributed by atoms with van der Waals surface area (Å²) < 4.78 is 65.8. The van der Waals surface area contributed by atoms with Crippen LogP contribution in [-0.2, 0) is 42.7 Å². The van der Waals surface area contributed by atoms with Crippen molar-refractivity contribution in [1.29, 1.82) is 0 Å². The van der Waals surface area contributed by atoms with Gasteiger partial charge in [-0.25, -0.2) is 9.18 Å². The Labute approximate surface area is 420 Å². The number of rotatable bonds is 12. The van der Waals surface area contributed by atoms with Crippen molar-refractivity contribution >= 4 is 12.1 Å². The highest BCUT2D eigenvalue weighted by Gasteiger charge is 2.53. The molecule has 0 spiro atoms. The molecule has 0 aromatic heterocycles. The molecule has 3 heterocycles. The number of likely N-dealkylation sites (N-methyl/N-ethyl adjacent to an activating group) is 1. The van der Waals surface area contributed by atoms with Gasteiger partial charge in [-0.1, -0.05) is 69.3 Å². The summed E-state index contributed by atoms with van der Waals surface area (Å²) in [6.45, 7) is 16.8. The Morgan fingerprint density at radius 3 is 2.13 bits per heavy atom. The predicted molar refractivity (Wildman–Crippen MR) is 265 cm³/mol. The van der Waals surface area contributed by atoms with Crippen molar-refractivity contribution in [3.8, 4) is 11.1 Å². The lowest BCUT2D eigenvalue weighted by Gasteiger charge is -2.49. The molecule has 2 aromatic carbocycles. The lowest BCUT2D eigenvalue weighted by Crippen LogP contribution is -2.62. The van der Waals surface area contributed by atoms with E-state index < -0.39 is 127 Å². The molecule has 0 radical (unpaired) electrons. The van der Waals surface area contributed by atoms with E-state index >= 15 is 0 Å². The fourth-order valence-electron chi connectivity index (χ4n) is 11.8. The molecule has 0 saturated carbocycles. The molecule has 400 valence electrons. The molecular formula is C54H84FN3O13. The molecule has 0 bridgehead atoms. The summed E-state index contributed by atoms with van der Waals surface area (Å²) in [6.07, 6.45) is -9.35. The number of aliphatic hydroxyl groups is 3. The number of alkyl halides is 1. The maximum atomic E-state index is 14.6. The maximum Gasteiger partial charge on any atom is 0.508 e. The van der Waals surface area contributed by atoms with E-state index in [4.69, 9.17) is 43.6 Å². The highest BCUT2D eigenvalue weighted by molar-refractivity contribution is 5.79. The first kappa shape index (κ1) is 57.0. The number of hydrogen-bond donors (Lipinski definition) is 4. The summed E-state index contributed by atoms with van der Waals surface area (Å²) in [7, 11) is 5.31. The summed E-state index contributed by atoms with van der Waals surface area (Å²) in [5.74, 6) is -3.60. The topological polar surface area (TPSA) is 201 Å². The Balaban J connectivity index is 1.40. The molecular weight excluding hydrogens is 918 g/mol. The van der Waals surface area contributed by atoms with Crippen molar-refractivity contribution in [2.24, 2.45) is 23.5 Å². The van der Waals surface area contributed by atoms with Gasteiger partial charge in [0.2, 0.25) is 0 Å². The van der Waals surface area contributed by atoms with Gasteiger partial charge in [0.25, 0.3) is 0 Å². The van der Waals surface area contributed by atoms with Crippen LogP contribution in [0.15, 0.2) is 48.5 Å². The molecule has 16 nitrogen and oxygen atoms in total. The zero-order chi connectivity index (χ0) is 52.3. The number of benzene rings is 2. The van der Waals surface area contributed by atoms with E-state index in [0.29, 0.717) is 6.42 Å². The van der Waals surface area contributed by atoms with Crippen LogP contribution >= 0.6 is 0 Å². The third-order valence-corrected chi connectivity index (χ3v) is 16.1. The van der Waals surface area contributed by atoms with Gasteiger partial charge in [0.15, 0.2) is 18.7 Å². The number of nitrogens with two attached hydrogens (primary N) is 1. The number of carbonyl (C=O) groups is 2. The van der Waals surface area contributed by atoms with Crippen LogP contribution in [0.1, 0.15) is 112 Å². The molecule has 0 unspecified atom stereocenters. The fourth-order valence-corrected chi connectivity index (χ4v) is 11.8.